The first kappa shape index (κ1) is 15.4. The highest BCUT2D eigenvalue weighted by atomic mass is 16.5. The lowest BCUT2D eigenvalue weighted by Crippen LogP contribution is -2.18. The van der Waals surface area contributed by atoms with Crippen molar-refractivity contribution in [2.75, 3.05) is 11.9 Å². The highest BCUT2D eigenvalue weighted by molar-refractivity contribution is 5.90. The molecule has 126 valence electrons. The standard InChI is InChI=1S/C20H19N3O2/c24-19(13-16-6-7-18-17(12-16)8-11-25-18)22-20-21-9-10-23(20)14-15-4-2-1-3-5-15/h1-7,9-10,12H,8,11,13-14H2,(H,21,22,24). The molecule has 5 heteroatoms. The second kappa shape index (κ2) is 6.81. The number of nitrogens with zero attached hydrogens (tertiary/aromatic N) is 2. The van der Waals surface area contributed by atoms with E-state index in [0.717, 1.165) is 29.9 Å². The highest BCUT2D eigenvalue weighted by Gasteiger charge is 2.14. The van der Waals surface area contributed by atoms with Gasteiger partial charge in [0.05, 0.1) is 19.6 Å². The largest absolute Gasteiger partial charge is 0.493 e. The van der Waals surface area contributed by atoms with E-state index in [-0.39, 0.29) is 5.91 Å². The molecular formula is C20H19N3O2. The number of ether oxygens (including phenoxy) is 1. The van der Waals surface area contributed by atoms with Gasteiger partial charge in [-0.15, -0.1) is 0 Å². The molecule has 1 aliphatic heterocycles. The van der Waals surface area contributed by atoms with Gasteiger partial charge in [-0.1, -0.05) is 42.5 Å². The van der Waals surface area contributed by atoms with Crippen LogP contribution in [0.2, 0.25) is 0 Å². The van der Waals surface area contributed by atoms with Crippen molar-refractivity contribution >= 4 is 11.9 Å². The van der Waals surface area contributed by atoms with E-state index in [1.807, 2.05) is 41.1 Å². The first-order chi connectivity index (χ1) is 12.3. The van der Waals surface area contributed by atoms with Crippen LogP contribution in [0.5, 0.6) is 5.75 Å². The summed E-state index contributed by atoms with van der Waals surface area (Å²) in [4.78, 5) is 16.7. The van der Waals surface area contributed by atoms with Gasteiger partial charge in [0.25, 0.3) is 0 Å². The van der Waals surface area contributed by atoms with Crippen molar-refractivity contribution in [1.29, 1.82) is 0 Å². The van der Waals surface area contributed by atoms with Crippen LogP contribution >= 0.6 is 0 Å². The monoisotopic (exact) mass is 333 g/mol. The molecule has 5 nitrogen and oxygen atoms in total. The van der Waals surface area contributed by atoms with Crippen LogP contribution in [-0.2, 0) is 24.2 Å². The number of anilines is 1. The molecule has 0 fully saturated rings. The molecule has 0 bridgehead atoms. The van der Waals surface area contributed by atoms with E-state index in [1.165, 1.54) is 5.56 Å². The maximum absolute atomic E-state index is 12.4. The van der Waals surface area contributed by atoms with Gasteiger partial charge in [0.15, 0.2) is 0 Å². The average Bonchev–Trinajstić information content (AvgIpc) is 3.25. The van der Waals surface area contributed by atoms with Crippen molar-refractivity contribution in [3.8, 4) is 5.75 Å². The summed E-state index contributed by atoms with van der Waals surface area (Å²) in [6.07, 6.45) is 4.80. The average molecular weight is 333 g/mol. The third kappa shape index (κ3) is 3.55. The number of hydrogen-bond acceptors (Lipinski definition) is 3. The number of rotatable bonds is 5. The molecule has 0 radical (unpaired) electrons. The summed E-state index contributed by atoms with van der Waals surface area (Å²) in [7, 11) is 0. The number of fused-ring (bicyclic) bond motifs is 1. The van der Waals surface area contributed by atoms with Crippen LogP contribution < -0.4 is 10.1 Å². The molecule has 25 heavy (non-hydrogen) atoms. The lowest BCUT2D eigenvalue weighted by Gasteiger charge is -2.09. The molecule has 0 aliphatic carbocycles. The molecule has 0 spiro atoms. The van der Waals surface area contributed by atoms with Gasteiger partial charge in [0.2, 0.25) is 11.9 Å². The van der Waals surface area contributed by atoms with Gasteiger partial charge >= 0.3 is 0 Å². The summed E-state index contributed by atoms with van der Waals surface area (Å²) in [5.74, 6) is 1.43. The zero-order chi connectivity index (χ0) is 17.1. The smallest absolute Gasteiger partial charge is 0.231 e. The minimum atomic E-state index is -0.0700. The lowest BCUT2D eigenvalue weighted by molar-refractivity contribution is -0.115. The number of imidazole rings is 1. The van der Waals surface area contributed by atoms with Crippen molar-refractivity contribution in [3.63, 3.8) is 0 Å². The Morgan fingerprint density at radius 2 is 2.04 bits per heavy atom. The van der Waals surface area contributed by atoms with Gasteiger partial charge in [0.1, 0.15) is 5.75 Å². The first-order valence-electron chi connectivity index (χ1n) is 8.37. The Morgan fingerprint density at radius 1 is 1.16 bits per heavy atom. The molecule has 4 rings (SSSR count). The van der Waals surface area contributed by atoms with E-state index in [1.54, 1.807) is 6.20 Å². The minimum Gasteiger partial charge on any atom is -0.493 e. The zero-order valence-electron chi connectivity index (χ0n) is 13.8. The van der Waals surface area contributed by atoms with Crippen LogP contribution in [0.1, 0.15) is 16.7 Å². The van der Waals surface area contributed by atoms with E-state index in [2.05, 4.69) is 28.5 Å². The Bertz CT molecular complexity index is 887. The summed E-state index contributed by atoms with van der Waals surface area (Å²) >= 11 is 0. The third-order valence-corrected chi connectivity index (χ3v) is 4.28. The Morgan fingerprint density at radius 3 is 2.92 bits per heavy atom. The molecule has 0 unspecified atom stereocenters. The Hall–Kier alpha value is -3.08. The van der Waals surface area contributed by atoms with Crippen LogP contribution in [0.25, 0.3) is 0 Å². The molecule has 1 aromatic heterocycles. The molecule has 0 saturated heterocycles. The second-order valence-electron chi connectivity index (χ2n) is 6.13. The van der Waals surface area contributed by atoms with E-state index in [4.69, 9.17) is 4.74 Å². The number of hydrogen-bond donors (Lipinski definition) is 1. The van der Waals surface area contributed by atoms with Crippen molar-refractivity contribution in [1.82, 2.24) is 9.55 Å². The van der Waals surface area contributed by atoms with Gasteiger partial charge in [-0.25, -0.2) is 4.98 Å². The lowest BCUT2D eigenvalue weighted by atomic mass is 10.1. The summed E-state index contributed by atoms with van der Waals surface area (Å²) in [5, 5.41) is 2.91. The van der Waals surface area contributed by atoms with Gasteiger partial charge in [0, 0.05) is 18.8 Å². The molecule has 1 amide bonds. The van der Waals surface area contributed by atoms with Crippen LogP contribution in [0, 0.1) is 0 Å². The van der Waals surface area contributed by atoms with E-state index < -0.39 is 0 Å². The van der Waals surface area contributed by atoms with Crippen molar-refractivity contribution in [3.05, 3.63) is 77.6 Å². The molecule has 1 N–H and O–H groups in total. The zero-order valence-corrected chi connectivity index (χ0v) is 13.8. The molecule has 3 aromatic rings. The molecule has 2 aromatic carbocycles. The Balaban J connectivity index is 1.42. The van der Waals surface area contributed by atoms with E-state index in [0.29, 0.717) is 18.9 Å². The number of amides is 1. The molecule has 1 aliphatic rings. The summed E-state index contributed by atoms with van der Waals surface area (Å²) in [6, 6.07) is 16.0. The predicted molar refractivity (Wildman–Crippen MR) is 95.7 cm³/mol. The maximum atomic E-state index is 12.4. The maximum Gasteiger partial charge on any atom is 0.231 e. The van der Waals surface area contributed by atoms with Gasteiger partial charge in [-0.2, -0.15) is 0 Å². The fourth-order valence-corrected chi connectivity index (χ4v) is 3.05. The van der Waals surface area contributed by atoms with E-state index in [9.17, 15) is 4.79 Å². The molecular weight excluding hydrogens is 314 g/mol. The van der Waals surface area contributed by atoms with Gasteiger partial charge in [-0.05, 0) is 22.8 Å². The van der Waals surface area contributed by atoms with Crippen LogP contribution in [-0.4, -0.2) is 22.1 Å². The van der Waals surface area contributed by atoms with Crippen molar-refractivity contribution in [2.45, 2.75) is 19.4 Å². The molecule has 0 saturated carbocycles. The van der Waals surface area contributed by atoms with Gasteiger partial charge in [-0.3, -0.25) is 10.1 Å². The summed E-state index contributed by atoms with van der Waals surface area (Å²) in [5.41, 5.74) is 3.33. The summed E-state index contributed by atoms with van der Waals surface area (Å²) < 4.78 is 7.44. The second-order valence-corrected chi connectivity index (χ2v) is 6.13. The first-order valence-corrected chi connectivity index (χ1v) is 8.37. The third-order valence-electron chi connectivity index (χ3n) is 4.28. The van der Waals surface area contributed by atoms with Crippen LogP contribution in [0.3, 0.4) is 0 Å². The van der Waals surface area contributed by atoms with E-state index >= 15 is 0 Å². The number of nitrogens with one attached hydrogen (secondary N) is 1. The van der Waals surface area contributed by atoms with Crippen LogP contribution in [0.15, 0.2) is 60.9 Å². The SMILES string of the molecule is O=C(Cc1ccc2c(c1)CCO2)Nc1nccn1Cc1ccccc1. The van der Waals surface area contributed by atoms with Crippen LogP contribution in [0.4, 0.5) is 5.95 Å². The fourth-order valence-electron chi connectivity index (χ4n) is 3.05. The Labute approximate surface area is 146 Å². The number of benzene rings is 2. The van der Waals surface area contributed by atoms with Gasteiger partial charge < -0.3 is 9.30 Å². The van der Waals surface area contributed by atoms with Crippen molar-refractivity contribution < 1.29 is 9.53 Å². The van der Waals surface area contributed by atoms with Crippen molar-refractivity contribution in [2.24, 2.45) is 0 Å². The highest BCUT2D eigenvalue weighted by Crippen LogP contribution is 2.26. The molecule has 2 heterocycles. The Kier molecular flexibility index (Phi) is 4.21. The number of carbonyl (C=O) groups excluding carboxylic acids is 1. The number of aromatic nitrogens is 2. The topological polar surface area (TPSA) is 56.1 Å². The quantitative estimate of drug-likeness (QED) is 0.781. The summed E-state index contributed by atoms with van der Waals surface area (Å²) in [6.45, 7) is 1.40. The predicted octanol–water partition coefficient (Wildman–Crippen LogP) is 3.05. The molecule has 0 atom stereocenters. The fraction of sp³-hybridized carbons (Fsp3) is 0.200. The minimum absolute atomic E-state index is 0.0700. The number of carbonyl (C=O) groups is 1. The normalized spacial score (nSPS) is 12.5.